The predicted molar refractivity (Wildman–Crippen MR) is 82.3 cm³/mol. The SMILES string of the molecule is CC1CN(S(=O)(=O)CC(C)c2ccccc2)C(C)CN1. The fraction of sp³-hybridized carbons (Fsp3) is 0.600. The molecule has 3 unspecified atom stereocenters. The maximum atomic E-state index is 12.6. The van der Waals surface area contributed by atoms with Crippen molar-refractivity contribution in [1.82, 2.24) is 9.62 Å². The first-order chi connectivity index (χ1) is 9.40. The summed E-state index contributed by atoms with van der Waals surface area (Å²) in [5.74, 6) is 0.187. The molecule has 0 aliphatic carbocycles. The number of hydrogen-bond donors (Lipinski definition) is 1. The fourth-order valence-corrected chi connectivity index (χ4v) is 4.75. The van der Waals surface area contributed by atoms with Crippen LogP contribution in [-0.4, -0.2) is 43.6 Å². The van der Waals surface area contributed by atoms with Crippen molar-refractivity contribution < 1.29 is 8.42 Å². The molecule has 1 saturated heterocycles. The van der Waals surface area contributed by atoms with Gasteiger partial charge in [-0.05, 0) is 25.3 Å². The second-order valence-corrected chi connectivity index (χ2v) is 7.78. The van der Waals surface area contributed by atoms with Crippen LogP contribution in [0.3, 0.4) is 0 Å². The third kappa shape index (κ3) is 3.59. The van der Waals surface area contributed by atoms with E-state index in [1.54, 1.807) is 4.31 Å². The first-order valence-electron chi connectivity index (χ1n) is 7.18. The Labute approximate surface area is 122 Å². The third-order valence-corrected chi connectivity index (χ3v) is 6.04. The number of rotatable bonds is 4. The Kier molecular flexibility index (Phi) is 4.83. The van der Waals surface area contributed by atoms with Crippen LogP contribution >= 0.6 is 0 Å². The number of nitrogens with one attached hydrogen (secondary N) is 1. The van der Waals surface area contributed by atoms with Gasteiger partial charge in [0.25, 0.3) is 0 Å². The van der Waals surface area contributed by atoms with Gasteiger partial charge in [-0.15, -0.1) is 0 Å². The minimum atomic E-state index is -3.22. The molecule has 20 heavy (non-hydrogen) atoms. The zero-order valence-electron chi connectivity index (χ0n) is 12.4. The molecule has 1 fully saturated rings. The first kappa shape index (κ1) is 15.5. The van der Waals surface area contributed by atoms with Crippen LogP contribution in [0.15, 0.2) is 30.3 Å². The van der Waals surface area contributed by atoms with E-state index in [0.29, 0.717) is 6.54 Å². The van der Waals surface area contributed by atoms with Gasteiger partial charge in [0, 0.05) is 25.2 Å². The summed E-state index contributed by atoms with van der Waals surface area (Å²) >= 11 is 0. The zero-order chi connectivity index (χ0) is 14.8. The van der Waals surface area contributed by atoms with Gasteiger partial charge in [0.1, 0.15) is 0 Å². The monoisotopic (exact) mass is 296 g/mol. The quantitative estimate of drug-likeness (QED) is 0.922. The molecule has 1 aromatic rings. The van der Waals surface area contributed by atoms with Crippen molar-refractivity contribution in [3.8, 4) is 0 Å². The van der Waals surface area contributed by atoms with Crippen molar-refractivity contribution >= 4 is 10.0 Å². The summed E-state index contributed by atoms with van der Waals surface area (Å²) in [5.41, 5.74) is 1.08. The Balaban J connectivity index is 2.10. The van der Waals surface area contributed by atoms with Gasteiger partial charge in [-0.2, -0.15) is 4.31 Å². The molecule has 1 aromatic carbocycles. The third-order valence-electron chi connectivity index (χ3n) is 3.89. The zero-order valence-corrected chi connectivity index (χ0v) is 13.2. The van der Waals surface area contributed by atoms with Gasteiger partial charge in [0.2, 0.25) is 10.0 Å². The molecule has 1 heterocycles. The molecule has 1 aliphatic rings. The smallest absolute Gasteiger partial charge is 0.215 e. The summed E-state index contributed by atoms with van der Waals surface area (Å²) in [6.45, 7) is 7.24. The number of piperazine rings is 1. The first-order valence-corrected chi connectivity index (χ1v) is 8.79. The van der Waals surface area contributed by atoms with E-state index in [9.17, 15) is 8.42 Å². The van der Waals surface area contributed by atoms with Crippen molar-refractivity contribution in [2.75, 3.05) is 18.8 Å². The highest BCUT2D eigenvalue weighted by molar-refractivity contribution is 7.89. The van der Waals surface area contributed by atoms with Crippen molar-refractivity contribution in [1.29, 1.82) is 0 Å². The Hall–Kier alpha value is -0.910. The van der Waals surface area contributed by atoms with E-state index in [1.807, 2.05) is 51.1 Å². The lowest BCUT2D eigenvalue weighted by Crippen LogP contribution is -2.56. The van der Waals surface area contributed by atoms with Gasteiger partial charge in [0.15, 0.2) is 0 Å². The van der Waals surface area contributed by atoms with Crippen LogP contribution in [0.25, 0.3) is 0 Å². The van der Waals surface area contributed by atoms with Crippen LogP contribution in [0.1, 0.15) is 32.3 Å². The van der Waals surface area contributed by atoms with Crippen molar-refractivity contribution in [2.45, 2.75) is 38.8 Å². The van der Waals surface area contributed by atoms with E-state index >= 15 is 0 Å². The maximum Gasteiger partial charge on any atom is 0.215 e. The Morgan fingerprint density at radius 3 is 2.60 bits per heavy atom. The van der Waals surface area contributed by atoms with Gasteiger partial charge in [0.05, 0.1) is 5.75 Å². The molecule has 2 rings (SSSR count). The van der Waals surface area contributed by atoms with E-state index in [-0.39, 0.29) is 23.8 Å². The minimum absolute atomic E-state index is 0.0126. The molecule has 0 amide bonds. The second kappa shape index (κ2) is 6.24. The Bertz CT molecular complexity index is 530. The number of benzene rings is 1. The lowest BCUT2D eigenvalue weighted by Gasteiger charge is -2.37. The fourth-order valence-electron chi connectivity index (χ4n) is 2.67. The van der Waals surface area contributed by atoms with Crippen molar-refractivity contribution in [2.24, 2.45) is 0 Å². The van der Waals surface area contributed by atoms with E-state index in [2.05, 4.69) is 5.32 Å². The van der Waals surface area contributed by atoms with E-state index in [4.69, 9.17) is 0 Å². The molecular weight excluding hydrogens is 272 g/mol. The molecular formula is C15H24N2O2S. The van der Waals surface area contributed by atoms with Crippen LogP contribution in [-0.2, 0) is 10.0 Å². The van der Waals surface area contributed by atoms with Crippen LogP contribution in [0.2, 0.25) is 0 Å². The molecule has 0 aromatic heterocycles. The molecule has 0 radical (unpaired) electrons. The van der Waals surface area contributed by atoms with E-state index < -0.39 is 10.0 Å². The highest BCUT2D eigenvalue weighted by Gasteiger charge is 2.33. The molecule has 4 nitrogen and oxygen atoms in total. The average Bonchev–Trinajstić information content (AvgIpc) is 2.42. The highest BCUT2D eigenvalue weighted by atomic mass is 32.2. The standard InChI is InChI=1S/C15H24N2O2S/c1-12(15-7-5-4-6-8-15)11-20(18,19)17-10-13(2)16-9-14(17)3/h4-8,12-14,16H,9-11H2,1-3H3. The van der Waals surface area contributed by atoms with E-state index in [1.165, 1.54) is 0 Å². The summed E-state index contributed by atoms with van der Waals surface area (Å²) in [5, 5.41) is 3.31. The lowest BCUT2D eigenvalue weighted by atomic mass is 10.0. The molecule has 1 aliphatic heterocycles. The molecule has 0 saturated carbocycles. The normalized spacial score (nSPS) is 26.4. The maximum absolute atomic E-state index is 12.6. The van der Waals surface area contributed by atoms with Crippen LogP contribution in [0.5, 0.6) is 0 Å². The Morgan fingerprint density at radius 1 is 1.30 bits per heavy atom. The molecule has 0 bridgehead atoms. The highest BCUT2D eigenvalue weighted by Crippen LogP contribution is 2.21. The molecule has 0 spiro atoms. The van der Waals surface area contributed by atoms with Crippen LogP contribution < -0.4 is 5.32 Å². The predicted octanol–water partition coefficient (Wildman–Crippen LogP) is 1.80. The van der Waals surface area contributed by atoms with E-state index in [0.717, 1.165) is 12.1 Å². The lowest BCUT2D eigenvalue weighted by molar-refractivity contribution is 0.244. The summed E-state index contributed by atoms with van der Waals surface area (Å²) in [4.78, 5) is 0. The molecule has 112 valence electrons. The number of nitrogens with zero attached hydrogens (tertiary/aromatic N) is 1. The van der Waals surface area contributed by atoms with Crippen molar-refractivity contribution in [3.05, 3.63) is 35.9 Å². The molecule has 5 heteroatoms. The number of hydrogen-bond acceptors (Lipinski definition) is 3. The minimum Gasteiger partial charge on any atom is -0.311 e. The summed E-state index contributed by atoms with van der Waals surface area (Å²) in [6, 6.07) is 10.1. The molecule has 1 N–H and O–H groups in total. The molecule has 3 atom stereocenters. The summed E-state index contributed by atoms with van der Waals surface area (Å²) in [7, 11) is -3.22. The van der Waals surface area contributed by atoms with Crippen LogP contribution in [0, 0.1) is 0 Å². The van der Waals surface area contributed by atoms with Gasteiger partial charge in [-0.3, -0.25) is 0 Å². The largest absolute Gasteiger partial charge is 0.311 e. The van der Waals surface area contributed by atoms with Gasteiger partial charge < -0.3 is 5.32 Å². The average molecular weight is 296 g/mol. The number of sulfonamides is 1. The summed E-state index contributed by atoms with van der Waals surface area (Å²) in [6.07, 6.45) is 0. The van der Waals surface area contributed by atoms with Crippen molar-refractivity contribution in [3.63, 3.8) is 0 Å². The topological polar surface area (TPSA) is 49.4 Å². The van der Waals surface area contributed by atoms with Crippen LogP contribution in [0.4, 0.5) is 0 Å². The Morgan fingerprint density at radius 2 is 1.95 bits per heavy atom. The van der Waals surface area contributed by atoms with Gasteiger partial charge >= 0.3 is 0 Å². The van der Waals surface area contributed by atoms with Gasteiger partial charge in [-0.25, -0.2) is 8.42 Å². The second-order valence-electron chi connectivity index (χ2n) is 5.82. The summed E-state index contributed by atoms with van der Waals surface area (Å²) < 4.78 is 26.9. The van der Waals surface area contributed by atoms with Gasteiger partial charge in [-0.1, -0.05) is 37.3 Å².